The molecule has 0 radical (unpaired) electrons. The Morgan fingerprint density at radius 2 is 2.10 bits per heavy atom. The summed E-state index contributed by atoms with van der Waals surface area (Å²) >= 11 is 4.85. The highest BCUT2D eigenvalue weighted by molar-refractivity contribution is 7.89. The van der Waals surface area contributed by atoms with Crippen LogP contribution in [0.3, 0.4) is 0 Å². The molecule has 1 aromatic carbocycles. The Labute approximate surface area is 122 Å². The molecule has 1 heterocycles. The Balaban J connectivity index is 2.31. The molecule has 0 aromatic heterocycles. The number of piperidine rings is 1. The van der Waals surface area contributed by atoms with Gasteiger partial charge in [-0.1, -0.05) is 30.4 Å². The molecule has 1 aromatic rings. The topological polar surface area (TPSA) is 101 Å². The summed E-state index contributed by atoms with van der Waals surface area (Å²) in [5.74, 6) is -0.312. The van der Waals surface area contributed by atoms with E-state index in [2.05, 4.69) is 10.0 Å². The number of benzene rings is 1. The van der Waals surface area contributed by atoms with Crippen LogP contribution in [0.25, 0.3) is 0 Å². The van der Waals surface area contributed by atoms with Crippen LogP contribution in [0.2, 0.25) is 0 Å². The van der Waals surface area contributed by atoms with Crippen molar-refractivity contribution < 1.29 is 13.2 Å². The lowest BCUT2D eigenvalue weighted by atomic mass is 10.1. The first-order valence-electron chi connectivity index (χ1n) is 6.11. The highest BCUT2D eigenvalue weighted by atomic mass is 32.2. The van der Waals surface area contributed by atoms with Gasteiger partial charge in [0.2, 0.25) is 15.9 Å². The molecule has 0 spiro atoms. The van der Waals surface area contributed by atoms with Gasteiger partial charge in [0, 0.05) is 12.1 Å². The molecule has 0 bridgehead atoms. The molecule has 20 heavy (non-hydrogen) atoms. The lowest BCUT2D eigenvalue weighted by Gasteiger charge is -2.23. The molecule has 8 heteroatoms. The minimum atomic E-state index is -3.85. The fourth-order valence-electron chi connectivity index (χ4n) is 2.04. The van der Waals surface area contributed by atoms with Gasteiger partial charge in [-0.25, -0.2) is 8.42 Å². The zero-order valence-corrected chi connectivity index (χ0v) is 12.3. The summed E-state index contributed by atoms with van der Waals surface area (Å²) in [4.78, 5) is 11.6. The second kappa shape index (κ2) is 5.86. The second-order valence-electron chi connectivity index (χ2n) is 4.47. The largest absolute Gasteiger partial charge is 0.389 e. The molecule has 1 atom stereocenters. The molecule has 6 nitrogen and oxygen atoms in total. The number of sulfonamides is 1. The maximum Gasteiger partial charge on any atom is 0.241 e. The average Bonchev–Trinajstić information content (AvgIpc) is 2.41. The molecular weight excluding hydrogens is 298 g/mol. The van der Waals surface area contributed by atoms with Crippen LogP contribution in [0.1, 0.15) is 18.4 Å². The Hall–Kier alpha value is -1.51. The zero-order valence-electron chi connectivity index (χ0n) is 10.6. The van der Waals surface area contributed by atoms with Crippen molar-refractivity contribution in [1.29, 1.82) is 0 Å². The van der Waals surface area contributed by atoms with Crippen LogP contribution in [0.15, 0.2) is 29.2 Å². The first-order valence-corrected chi connectivity index (χ1v) is 8.00. The van der Waals surface area contributed by atoms with E-state index in [9.17, 15) is 13.2 Å². The summed E-state index contributed by atoms with van der Waals surface area (Å²) in [6.45, 7) is 0.570. The van der Waals surface area contributed by atoms with Crippen molar-refractivity contribution in [2.45, 2.75) is 23.8 Å². The van der Waals surface area contributed by atoms with Gasteiger partial charge in [0.15, 0.2) is 0 Å². The second-order valence-corrected chi connectivity index (χ2v) is 6.59. The molecule has 1 aliphatic heterocycles. The number of nitrogens with one attached hydrogen (secondary N) is 2. The fraction of sp³-hybridized carbons (Fsp3) is 0.333. The van der Waals surface area contributed by atoms with Gasteiger partial charge in [-0.3, -0.25) is 4.79 Å². The number of amides is 1. The molecular formula is C12H15N3O3S2. The highest BCUT2D eigenvalue weighted by Crippen LogP contribution is 2.17. The van der Waals surface area contributed by atoms with Crippen molar-refractivity contribution in [1.82, 2.24) is 10.0 Å². The minimum Gasteiger partial charge on any atom is -0.389 e. The molecule has 2 rings (SSSR count). The van der Waals surface area contributed by atoms with Crippen LogP contribution < -0.4 is 15.8 Å². The molecule has 0 aliphatic carbocycles. The van der Waals surface area contributed by atoms with Crippen LogP contribution in [0.4, 0.5) is 0 Å². The Bertz CT molecular complexity index is 643. The predicted molar refractivity (Wildman–Crippen MR) is 78.7 cm³/mol. The highest BCUT2D eigenvalue weighted by Gasteiger charge is 2.29. The third-order valence-electron chi connectivity index (χ3n) is 3.02. The van der Waals surface area contributed by atoms with E-state index in [0.717, 1.165) is 6.42 Å². The van der Waals surface area contributed by atoms with Crippen LogP contribution in [0.5, 0.6) is 0 Å². The molecule has 108 valence electrons. The van der Waals surface area contributed by atoms with E-state index in [1.54, 1.807) is 12.1 Å². The molecule has 1 unspecified atom stereocenters. The smallest absolute Gasteiger partial charge is 0.241 e. The van der Waals surface area contributed by atoms with Crippen molar-refractivity contribution in [2.24, 2.45) is 5.73 Å². The molecule has 4 N–H and O–H groups in total. The SMILES string of the molecule is NC(=S)c1ccccc1S(=O)(=O)NC1CCCNC1=O. The maximum absolute atomic E-state index is 12.4. The summed E-state index contributed by atoms with van der Waals surface area (Å²) in [6.07, 6.45) is 1.20. The standard InChI is InChI=1S/C12H15N3O3S2/c13-11(19)8-4-1-2-6-10(8)20(17,18)15-9-5-3-7-14-12(9)16/h1-2,4,6,9,15H,3,5,7H2,(H2,13,19)(H,14,16). The molecule has 1 aliphatic rings. The van der Waals surface area contributed by atoms with Crippen molar-refractivity contribution in [2.75, 3.05) is 6.54 Å². The van der Waals surface area contributed by atoms with Gasteiger partial charge in [-0.15, -0.1) is 0 Å². The summed E-state index contributed by atoms with van der Waals surface area (Å²) < 4.78 is 27.1. The van der Waals surface area contributed by atoms with Crippen LogP contribution in [0, 0.1) is 0 Å². The van der Waals surface area contributed by atoms with Gasteiger partial charge in [-0.2, -0.15) is 4.72 Å². The summed E-state index contributed by atoms with van der Waals surface area (Å²) in [7, 11) is -3.85. The quantitative estimate of drug-likeness (QED) is 0.673. The summed E-state index contributed by atoms with van der Waals surface area (Å²) in [6, 6.07) is 5.43. The Morgan fingerprint density at radius 3 is 2.75 bits per heavy atom. The molecule has 0 saturated carbocycles. The van der Waals surface area contributed by atoms with Crippen LogP contribution in [-0.4, -0.2) is 31.9 Å². The fourth-order valence-corrected chi connectivity index (χ4v) is 3.73. The Kier molecular flexibility index (Phi) is 4.36. The van der Waals surface area contributed by atoms with Crippen molar-refractivity contribution in [3.63, 3.8) is 0 Å². The first-order chi connectivity index (χ1) is 9.42. The average molecular weight is 313 g/mol. The van der Waals surface area contributed by atoms with E-state index in [-0.39, 0.29) is 21.4 Å². The number of thiocarbonyl (C=S) groups is 1. The van der Waals surface area contributed by atoms with Gasteiger partial charge in [-0.05, 0) is 18.9 Å². The van der Waals surface area contributed by atoms with Gasteiger partial charge >= 0.3 is 0 Å². The maximum atomic E-state index is 12.4. The van der Waals surface area contributed by atoms with E-state index >= 15 is 0 Å². The van der Waals surface area contributed by atoms with Crippen LogP contribution in [-0.2, 0) is 14.8 Å². The number of carbonyl (C=O) groups is 1. The molecule has 1 amide bonds. The van der Waals surface area contributed by atoms with Crippen molar-refractivity contribution in [3.05, 3.63) is 29.8 Å². The van der Waals surface area contributed by atoms with E-state index in [1.165, 1.54) is 12.1 Å². The lowest BCUT2D eigenvalue weighted by Crippen LogP contribution is -2.50. The Morgan fingerprint density at radius 1 is 1.40 bits per heavy atom. The normalized spacial score (nSPS) is 19.4. The first kappa shape index (κ1) is 14.9. The number of rotatable bonds is 4. The molecule has 1 fully saturated rings. The third kappa shape index (κ3) is 3.14. The van der Waals surface area contributed by atoms with Gasteiger partial charge < -0.3 is 11.1 Å². The molecule has 1 saturated heterocycles. The zero-order chi connectivity index (χ0) is 14.8. The van der Waals surface area contributed by atoms with Crippen molar-refractivity contribution in [3.8, 4) is 0 Å². The summed E-state index contributed by atoms with van der Waals surface area (Å²) in [5, 5.41) is 2.63. The number of nitrogens with two attached hydrogens (primary N) is 1. The van der Waals surface area contributed by atoms with E-state index in [4.69, 9.17) is 18.0 Å². The predicted octanol–water partition coefficient (Wildman–Crippen LogP) is -0.122. The van der Waals surface area contributed by atoms with Gasteiger partial charge in [0.1, 0.15) is 11.0 Å². The van der Waals surface area contributed by atoms with Gasteiger partial charge in [0.05, 0.1) is 4.90 Å². The van der Waals surface area contributed by atoms with E-state index in [1.807, 2.05) is 0 Å². The third-order valence-corrected chi connectivity index (χ3v) is 4.77. The van der Waals surface area contributed by atoms with E-state index in [0.29, 0.717) is 13.0 Å². The number of hydrogen-bond donors (Lipinski definition) is 3. The van der Waals surface area contributed by atoms with Crippen molar-refractivity contribution >= 4 is 33.1 Å². The number of hydrogen-bond acceptors (Lipinski definition) is 4. The lowest BCUT2D eigenvalue weighted by molar-refractivity contribution is -0.124. The van der Waals surface area contributed by atoms with Gasteiger partial charge in [0.25, 0.3) is 0 Å². The summed E-state index contributed by atoms with van der Waals surface area (Å²) in [5.41, 5.74) is 5.80. The number of carbonyl (C=O) groups excluding carboxylic acids is 1. The minimum absolute atomic E-state index is 0.000860. The monoisotopic (exact) mass is 313 g/mol. The van der Waals surface area contributed by atoms with E-state index < -0.39 is 16.1 Å². The van der Waals surface area contributed by atoms with Crippen LogP contribution >= 0.6 is 12.2 Å².